The molecule has 0 saturated carbocycles. The van der Waals surface area contributed by atoms with E-state index in [0.29, 0.717) is 17.8 Å². The van der Waals surface area contributed by atoms with Gasteiger partial charge < -0.3 is 15.2 Å². The lowest BCUT2D eigenvalue weighted by Gasteiger charge is -2.23. The molecule has 2 N–H and O–H groups in total. The maximum Gasteiger partial charge on any atom is 0.270 e. The Labute approximate surface area is 130 Å². The van der Waals surface area contributed by atoms with E-state index in [1.807, 2.05) is 35.2 Å². The summed E-state index contributed by atoms with van der Waals surface area (Å²) in [5.41, 5.74) is 2.80. The quantitative estimate of drug-likeness (QED) is 0.895. The van der Waals surface area contributed by atoms with E-state index in [9.17, 15) is 4.79 Å². The number of nitrogens with one attached hydrogen (secondary N) is 2. The first kappa shape index (κ1) is 13.6. The van der Waals surface area contributed by atoms with E-state index in [2.05, 4.69) is 22.4 Å². The zero-order valence-electron chi connectivity index (χ0n) is 12.6. The standard InChI is InChI=1S/C18H21N3O/c22-18(21-11-10-14-6-7-15(12-21)19-14)17-9-8-16(20-17)13-4-2-1-3-5-13/h1-5,8-9,14-15,19-20H,6-7,10-12H2. The Morgan fingerprint density at radius 2 is 1.82 bits per heavy atom. The number of aromatic nitrogens is 1. The molecule has 0 radical (unpaired) electrons. The molecule has 0 aliphatic carbocycles. The van der Waals surface area contributed by atoms with Crippen molar-refractivity contribution in [3.05, 3.63) is 48.2 Å². The average molecular weight is 295 g/mol. The largest absolute Gasteiger partial charge is 0.351 e. The Hall–Kier alpha value is -2.07. The Kier molecular flexibility index (Phi) is 3.47. The molecule has 114 valence electrons. The summed E-state index contributed by atoms with van der Waals surface area (Å²) in [4.78, 5) is 18.0. The van der Waals surface area contributed by atoms with Crippen LogP contribution in [0.3, 0.4) is 0 Å². The number of carbonyl (C=O) groups excluding carboxylic acids is 1. The summed E-state index contributed by atoms with van der Waals surface area (Å²) in [7, 11) is 0. The predicted octanol–water partition coefficient (Wildman–Crippen LogP) is 2.65. The fourth-order valence-corrected chi connectivity index (χ4v) is 3.60. The number of likely N-dealkylation sites (tertiary alicyclic amines) is 1. The van der Waals surface area contributed by atoms with Gasteiger partial charge in [0.2, 0.25) is 0 Å². The number of nitrogens with zero attached hydrogens (tertiary/aromatic N) is 1. The van der Waals surface area contributed by atoms with Crippen LogP contribution in [0.2, 0.25) is 0 Å². The number of benzene rings is 1. The molecule has 1 aromatic heterocycles. The van der Waals surface area contributed by atoms with Crippen LogP contribution < -0.4 is 5.32 Å². The van der Waals surface area contributed by atoms with Gasteiger partial charge in [0.1, 0.15) is 5.69 Å². The number of hydrogen-bond acceptors (Lipinski definition) is 2. The van der Waals surface area contributed by atoms with Crippen LogP contribution in [0.4, 0.5) is 0 Å². The van der Waals surface area contributed by atoms with Crippen LogP contribution >= 0.6 is 0 Å². The van der Waals surface area contributed by atoms with E-state index in [1.165, 1.54) is 12.8 Å². The topological polar surface area (TPSA) is 48.1 Å². The van der Waals surface area contributed by atoms with Crippen LogP contribution in [0, 0.1) is 0 Å². The number of amides is 1. The average Bonchev–Trinajstić information content (AvgIpc) is 3.14. The molecular weight excluding hydrogens is 274 g/mol. The summed E-state index contributed by atoms with van der Waals surface area (Å²) in [5, 5.41) is 3.62. The van der Waals surface area contributed by atoms with Crippen LogP contribution in [-0.4, -0.2) is 41.0 Å². The van der Waals surface area contributed by atoms with Gasteiger partial charge in [-0.15, -0.1) is 0 Å². The maximum absolute atomic E-state index is 12.7. The van der Waals surface area contributed by atoms with Gasteiger partial charge in [0, 0.05) is 30.9 Å². The SMILES string of the molecule is O=C(c1ccc(-c2ccccc2)[nH]1)N1CCC2CCC(C1)N2. The number of H-pyrrole nitrogens is 1. The molecular formula is C18H21N3O. The number of aromatic amines is 1. The highest BCUT2D eigenvalue weighted by molar-refractivity contribution is 5.93. The van der Waals surface area contributed by atoms with Gasteiger partial charge in [0.15, 0.2) is 0 Å². The Bertz CT molecular complexity index is 664. The molecule has 2 atom stereocenters. The molecule has 4 heteroatoms. The highest BCUT2D eigenvalue weighted by Crippen LogP contribution is 2.23. The summed E-state index contributed by atoms with van der Waals surface area (Å²) in [6, 6.07) is 15.1. The van der Waals surface area contributed by atoms with Crippen LogP contribution in [0.25, 0.3) is 11.3 Å². The third-order valence-corrected chi connectivity index (χ3v) is 4.81. The van der Waals surface area contributed by atoms with Crippen molar-refractivity contribution in [3.8, 4) is 11.3 Å². The van der Waals surface area contributed by atoms with Gasteiger partial charge in [-0.2, -0.15) is 0 Å². The lowest BCUT2D eigenvalue weighted by atomic mass is 10.1. The normalized spacial score (nSPS) is 24.3. The number of hydrogen-bond donors (Lipinski definition) is 2. The monoisotopic (exact) mass is 295 g/mol. The van der Waals surface area contributed by atoms with Crippen molar-refractivity contribution < 1.29 is 4.79 Å². The summed E-state index contributed by atoms with van der Waals surface area (Å²) in [5.74, 6) is 0.122. The highest BCUT2D eigenvalue weighted by Gasteiger charge is 2.31. The summed E-state index contributed by atoms with van der Waals surface area (Å²) >= 11 is 0. The molecule has 3 heterocycles. The van der Waals surface area contributed by atoms with Gasteiger partial charge in [-0.3, -0.25) is 4.79 Å². The second-order valence-electron chi connectivity index (χ2n) is 6.33. The molecule has 22 heavy (non-hydrogen) atoms. The van der Waals surface area contributed by atoms with E-state index in [0.717, 1.165) is 30.8 Å². The molecule has 2 unspecified atom stereocenters. The molecule has 4 nitrogen and oxygen atoms in total. The fraction of sp³-hybridized carbons (Fsp3) is 0.389. The Balaban J connectivity index is 1.52. The maximum atomic E-state index is 12.7. The van der Waals surface area contributed by atoms with Crippen LogP contribution in [0.15, 0.2) is 42.5 Å². The molecule has 2 aromatic rings. The van der Waals surface area contributed by atoms with E-state index in [1.54, 1.807) is 0 Å². The highest BCUT2D eigenvalue weighted by atomic mass is 16.2. The minimum atomic E-state index is 0.122. The van der Waals surface area contributed by atoms with Crippen molar-refractivity contribution in [2.75, 3.05) is 13.1 Å². The molecule has 4 rings (SSSR count). The number of rotatable bonds is 2. The predicted molar refractivity (Wildman–Crippen MR) is 86.7 cm³/mol. The summed E-state index contributed by atoms with van der Waals surface area (Å²) < 4.78 is 0. The molecule has 2 bridgehead atoms. The first-order valence-corrected chi connectivity index (χ1v) is 8.09. The Morgan fingerprint density at radius 1 is 1.00 bits per heavy atom. The first-order chi connectivity index (χ1) is 10.8. The van der Waals surface area contributed by atoms with E-state index in [4.69, 9.17) is 0 Å². The minimum Gasteiger partial charge on any atom is -0.351 e. The van der Waals surface area contributed by atoms with E-state index < -0.39 is 0 Å². The molecule has 2 fully saturated rings. The second-order valence-corrected chi connectivity index (χ2v) is 6.33. The van der Waals surface area contributed by atoms with Gasteiger partial charge in [0.05, 0.1) is 0 Å². The molecule has 1 amide bonds. The van der Waals surface area contributed by atoms with Crippen molar-refractivity contribution in [3.63, 3.8) is 0 Å². The van der Waals surface area contributed by atoms with E-state index >= 15 is 0 Å². The minimum absolute atomic E-state index is 0.122. The van der Waals surface area contributed by atoms with Gasteiger partial charge in [-0.05, 0) is 37.0 Å². The third kappa shape index (κ3) is 2.55. The van der Waals surface area contributed by atoms with Gasteiger partial charge in [-0.25, -0.2) is 0 Å². The number of carbonyl (C=O) groups is 1. The molecule has 2 aliphatic rings. The van der Waals surface area contributed by atoms with Crippen molar-refractivity contribution in [1.29, 1.82) is 0 Å². The number of fused-ring (bicyclic) bond motifs is 2. The fourth-order valence-electron chi connectivity index (χ4n) is 3.60. The summed E-state index contributed by atoms with van der Waals surface area (Å²) in [6.07, 6.45) is 3.51. The zero-order valence-corrected chi connectivity index (χ0v) is 12.6. The van der Waals surface area contributed by atoms with Crippen molar-refractivity contribution >= 4 is 5.91 Å². The van der Waals surface area contributed by atoms with Gasteiger partial charge >= 0.3 is 0 Å². The lowest BCUT2D eigenvalue weighted by Crippen LogP contribution is -2.39. The van der Waals surface area contributed by atoms with Gasteiger partial charge in [-0.1, -0.05) is 30.3 Å². The van der Waals surface area contributed by atoms with Gasteiger partial charge in [0.25, 0.3) is 5.91 Å². The van der Waals surface area contributed by atoms with Crippen LogP contribution in [0.1, 0.15) is 29.8 Å². The van der Waals surface area contributed by atoms with Crippen LogP contribution in [-0.2, 0) is 0 Å². The zero-order chi connectivity index (χ0) is 14.9. The first-order valence-electron chi connectivity index (χ1n) is 8.09. The lowest BCUT2D eigenvalue weighted by molar-refractivity contribution is 0.0743. The van der Waals surface area contributed by atoms with Crippen molar-refractivity contribution in [1.82, 2.24) is 15.2 Å². The van der Waals surface area contributed by atoms with Crippen molar-refractivity contribution in [2.45, 2.75) is 31.3 Å². The smallest absolute Gasteiger partial charge is 0.270 e. The Morgan fingerprint density at radius 3 is 2.68 bits per heavy atom. The van der Waals surface area contributed by atoms with E-state index in [-0.39, 0.29) is 5.91 Å². The van der Waals surface area contributed by atoms with Crippen LogP contribution in [0.5, 0.6) is 0 Å². The second kappa shape index (κ2) is 5.61. The molecule has 1 aromatic carbocycles. The third-order valence-electron chi connectivity index (χ3n) is 4.81. The molecule has 0 spiro atoms. The molecule has 2 aliphatic heterocycles. The van der Waals surface area contributed by atoms with Crippen molar-refractivity contribution in [2.24, 2.45) is 0 Å². The molecule has 2 saturated heterocycles. The summed E-state index contributed by atoms with van der Waals surface area (Å²) in [6.45, 7) is 1.68.